The number of aliphatic carboxylic acids is 1. The molecule has 0 atom stereocenters. The summed E-state index contributed by atoms with van der Waals surface area (Å²) < 4.78 is 72.8. The van der Waals surface area contributed by atoms with Crippen LogP contribution in [0.15, 0.2) is 59.4 Å². The Morgan fingerprint density at radius 1 is 1.00 bits per heavy atom. The quantitative estimate of drug-likeness (QED) is 0.243. The van der Waals surface area contributed by atoms with E-state index in [4.69, 9.17) is 5.11 Å². The van der Waals surface area contributed by atoms with Crippen molar-refractivity contribution in [3.63, 3.8) is 0 Å². The molecule has 1 saturated heterocycles. The predicted octanol–water partition coefficient (Wildman–Crippen LogP) is 6.03. The van der Waals surface area contributed by atoms with E-state index in [0.29, 0.717) is 21.9 Å². The summed E-state index contributed by atoms with van der Waals surface area (Å²) in [5.41, 5.74) is -0.928. The van der Waals surface area contributed by atoms with Crippen molar-refractivity contribution in [2.75, 3.05) is 26.7 Å². The van der Waals surface area contributed by atoms with Crippen LogP contribution in [0.5, 0.6) is 0 Å². The number of carboxylic acid groups (broad SMARTS) is 1. The van der Waals surface area contributed by atoms with Crippen LogP contribution in [0.25, 0.3) is 32.8 Å². The Labute approximate surface area is 256 Å². The Balaban J connectivity index is 0.000000854. The fourth-order valence-corrected chi connectivity index (χ4v) is 5.63. The molecule has 0 spiro atoms. The second-order valence-corrected chi connectivity index (χ2v) is 11.1. The number of amides is 1. The van der Waals surface area contributed by atoms with Crippen LogP contribution in [0.4, 0.5) is 22.0 Å². The number of pyridine rings is 1. The van der Waals surface area contributed by atoms with Crippen molar-refractivity contribution in [2.24, 2.45) is 7.05 Å². The summed E-state index contributed by atoms with van der Waals surface area (Å²) >= 11 is 0. The normalized spacial score (nSPS) is 14.8. The van der Waals surface area contributed by atoms with Gasteiger partial charge in [-0.3, -0.25) is 19.3 Å². The molecular formula is C33H34F5N3O4. The predicted molar refractivity (Wildman–Crippen MR) is 163 cm³/mol. The largest absolute Gasteiger partial charge is 0.481 e. The Kier molecular flexibility index (Phi) is 9.96. The lowest BCUT2D eigenvalue weighted by atomic mass is 9.90. The molecule has 5 rings (SSSR count). The van der Waals surface area contributed by atoms with Gasteiger partial charge in [0.25, 0.3) is 11.5 Å². The van der Waals surface area contributed by atoms with E-state index in [9.17, 15) is 36.3 Å². The molecule has 0 bridgehead atoms. The summed E-state index contributed by atoms with van der Waals surface area (Å²) in [5, 5.41) is 12.3. The van der Waals surface area contributed by atoms with Crippen molar-refractivity contribution in [1.82, 2.24) is 14.8 Å². The first-order valence-corrected chi connectivity index (χ1v) is 14.4. The van der Waals surface area contributed by atoms with Gasteiger partial charge in [0.05, 0.1) is 23.2 Å². The standard InChI is InChI=1S/C30H27F5N2O3.C3H7NO/c1-36-24-10-8-18(12-14-37-15-13-29(31,32)17-37)16-23(24)27(30(33,34)35)26(28(36)40)22-7-3-5-20-19(9-11-25(38)39)4-2-6-21(20)22;1-3(5)4-2/h2-8,10,16H,9,11-15,17H2,1H3,(H,38,39);1-2H3,(H,4,5). The van der Waals surface area contributed by atoms with Gasteiger partial charge >= 0.3 is 12.1 Å². The van der Waals surface area contributed by atoms with E-state index in [1.165, 1.54) is 36.7 Å². The molecule has 0 radical (unpaired) electrons. The molecule has 240 valence electrons. The molecule has 45 heavy (non-hydrogen) atoms. The van der Waals surface area contributed by atoms with Crippen molar-refractivity contribution in [2.45, 2.75) is 44.7 Å². The molecule has 0 saturated carbocycles. The first-order chi connectivity index (χ1) is 21.1. The summed E-state index contributed by atoms with van der Waals surface area (Å²) in [4.78, 5) is 36.0. The molecule has 12 heteroatoms. The van der Waals surface area contributed by atoms with Gasteiger partial charge in [-0.2, -0.15) is 13.2 Å². The minimum Gasteiger partial charge on any atom is -0.481 e. The van der Waals surface area contributed by atoms with E-state index in [-0.39, 0.29) is 67.7 Å². The Morgan fingerprint density at radius 3 is 2.27 bits per heavy atom. The fraction of sp³-hybridized carbons (Fsp3) is 0.364. The number of nitrogens with one attached hydrogen (secondary N) is 1. The molecule has 7 nitrogen and oxygen atoms in total. The Morgan fingerprint density at radius 2 is 1.67 bits per heavy atom. The van der Waals surface area contributed by atoms with E-state index in [2.05, 4.69) is 5.32 Å². The molecule has 3 aromatic carbocycles. The number of aryl methyl sites for hydroxylation is 2. The van der Waals surface area contributed by atoms with Crippen molar-refractivity contribution in [3.8, 4) is 11.1 Å². The molecule has 2 heterocycles. The zero-order chi connectivity index (χ0) is 33.1. The van der Waals surface area contributed by atoms with Crippen molar-refractivity contribution in [3.05, 3.63) is 81.6 Å². The highest BCUT2D eigenvalue weighted by molar-refractivity contribution is 6.01. The number of fused-ring (bicyclic) bond motifs is 2. The van der Waals surface area contributed by atoms with E-state index in [0.717, 1.165) is 0 Å². The molecule has 4 aromatic rings. The Hall–Kier alpha value is -4.32. The van der Waals surface area contributed by atoms with Crippen molar-refractivity contribution >= 4 is 33.6 Å². The maximum atomic E-state index is 14.8. The number of carboxylic acids is 1. The molecule has 0 unspecified atom stereocenters. The SMILES string of the molecule is CNC(C)=O.Cn1c(=O)c(-c2cccc3c(CCC(=O)O)cccc23)c(C(F)(F)F)c2cc(CCN3CCC(F)(F)C3)ccc21. The molecule has 2 N–H and O–H groups in total. The van der Waals surface area contributed by atoms with Gasteiger partial charge in [-0.25, -0.2) is 8.78 Å². The number of halogens is 5. The number of hydrogen-bond donors (Lipinski definition) is 2. The molecule has 1 fully saturated rings. The lowest BCUT2D eigenvalue weighted by Crippen LogP contribution is -2.27. The average molecular weight is 632 g/mol. The monoisotopic (exact) mass is 631 g/mol. The third-order valence-electron chi connectivity index (χ3n) is 7.95. The van der Waals surface area contributed by atoms with E-state index >= 15 is 0 Å². The van der Waals surface area contributed by atoms with Gasteiger partial charge < -0.3 is 15.0 Å². The Bertz CT molecular complexity index is 1800. The van der Waals surface area contributed by atoms with Gasteiger partial charge in [0, 0.05) is 52.3 Å². The summed E-state index contributed by atoms with van der Waals surface area (Å²) in [7, 11) is 3.02. The van der Waals surface area contributed by atoms with Gasteiger partial charge in [0.15, 0.2) is 0 Å². The van der Waals surface area contributed by atoms with Crippen molar-refractivity contribution < 1.29 is 36.6 Å². The zero-order valence-corrected chi connectivity index (χ0v) is 25.1. The third-order valence-corrected chi connectivity index (χ3v) is 7.95. The number of carbonyl (C=O) groups is 2. The van der Waals surface area contributed by atoms with Gasteiger partial charge in [-0.15, -0.1) is 0 Å². The first kappa shape index (κ1) is 33.6. The van der Waals surface area contributed by atoms with E-state index in [1.54, 1.807) is 48.3 Å². The molecule has 0 aliphatic carbocycles. The minimum atomic E-state index is -4.88. The van der Waals surface area contributed by atoms with E-state index in [1.807, 2.05) is 0 Å². The second kappa shape index (κ2) is 13.4. The second-order valence-electron chi connectivity index (χ2n) is 11.1. The number of aromatic nitrogens is 1. The number of alkyl halides is 5. The lowest BCUT2D eigenvalue weighted by Gasteiger charge is -2.20. The van der Waals surface area contributed by atoms with E-state index < -0.39 is 34.8 Å². The minimum absolute atomic E-state index is 0.00463. The molecule has 1 aromatic heterocycles. The molecule has 1 aliphatic heterocycles. The smallest absolute Gasteiger partial charge is 0.417 e. The van der Waals surface area contributed by atoms with Crippen LogP contribution in [-0.2, 0) is 35.7 Å². The number of likely N-dealkylation sites (tertiary alicyclic amines) is 1. The highest BCUT2D eigenvalue weighted by Crippen LogP contribution is 2.42. The number of hydrogen-bond acceptors (Lipinski definition) is 4. The summed E-state index contributed by atoms with van der Waals surface area (Å²) in [5.74, 6) is -3.75. The van der Waals surface area contributed by atoms with Crippen molar-refractivity contribution in [1.29, 1.82) is 0 Å². The van der Waals surface area contributed by atoms with Crippen LogP contribution >= 0.6 is 0 Å². The fourth-order valence-electron chi connectivity index (χ4n) is 5.63. The zero-order valence-electron chi connectivity index (χ0n) is 25.1. The highest BCUT2D eigenvalue weighted by atomic mass is 19.4. The van der Waals surface area contributed by atoms with Crippen LogP contribution in [0.1, 0.15) is 36.5 Å². The van der Waals surface area contributed by atoms with Gasteiger partial charge in [0.2, 0.25) is 5.91 Å². The van der Waals surface area contributed by atoms with Crippen LogP contribution in [0, 0.1) is 0 Å². The van der Waals surface area contributed by atoms with Gasteiger partial charge in [-0.1, -0.05) is 42.5 Å². The molecule has 1 aliphatic rings. The number of carbonyl (C=O) groups excluding carboxylic acids is 1. The summed E-state index contributed by atoms with van der Waals surface area (Å²) in [6.45, 7) is 1.61. The number of rotatable bonds is 7. The topological polar surface area (TPSA) is 91.6 Å². The first-order valence-electron chi connectivity index (χ1n) is 14.4. The molecule has 1 amide bonds. The van der Waals surface area contributed by atoms with Crippen LogP contribution in [-0.4, -0.2) is 59.1 Å². The number of nitrogens with zero attached hydrogens (tertiary/aromatic N) is 2. The lowest BCUT2D eigenvalue weighted by molar-refractivity contribution is -0.137. The maximum Gasteiger partial charge on any atom is 0.417 e. The van der Waals surface area contributed by atoms with Gasteiger partial charge in [-0.05, 0) is 52.4 Å². The highest BCUT2D eigenvalue weighted by Gasteiger charge is 2.39. The van der Waals surface area contributed by atoms with Crippen LogP contribution in [0.3, 0.4) is 0 Å². The number of benzene rings is 3. The maximum absolute atomic E-state index is 14.8. The summed E-state index contributed by atoms with van der Waals surface area (Å²) in [6, 6.07) is 14.2. The molecular weight excluding hydrogens is 597 g/mol. The summed E-state index contributed by atoms with van der Waals surface area (Å²) in [6.07, 6.45) is -4.79. The average Bonchev–Trinajstić information content (AvgIpc) is 3.34. The third kappa shape index (κ3) is 7.67. The van der Waals surface area contributed by atoms with Gasteiger partial charge in [0.1, 0.15) is 0 Å². The van der Waals surface area contributed by atoms with Crippen LogP contribution < -0.4 is 10.9 Å². The van der Waals surface area contributed by atoms with Crippen LogP contribution in [0.2, 0.25) is 0 Å².